The van der Waals surface area contributed by atoms with E-state index in [1.165, 1.54) is 0 Å². The Morgan fingerprint density at radius 1 is 1.08 bits per heavy atom. The van der Waals surface area contributed by atoms with Crippen molar-refractivity contribution in [1.82, 2.24) is 4.57 Å². The van der Waals surface area contributed by atoms with Gasteiger partial charge in [0.25, 0.3) is 5.91 Å². The molecule has 0 aliphatic carbocycles. The molecule has 0 spiro atoms. The van der Waals surface area contributed by atoms with Gasteiger partial charge in [0, 0.05) is 36.4 Å². The van der Waals surface area contributed by atoms with Gasteiger partial charge in [-0.1, -0.05) is 36.4 Å². The summed E-state index contributed by atoms with van der Waals surface area (Å²) in [6.07, 6.45) is 0.862. The number of nitrogens with zero attached hydrogens (tertiary/aromatic N) is 2. The van der Waals surface area contributed by atoms with Gasteiger partial charge in [-0.15, -0.1) is 0 Å². The van der Waals surface area contributed by atoms with E-state index >= 15 is 0 Å². The van der Waals surface area contributed by atoms with Crippen molar-refractivity contribution in [3.05, 3.63) is 66.4 Å². The molecule has 0 unspecified atom stereocenters. The number of ether oxygens (including phenoxy) is 1. The van der Waals surface area contributed by atoms with E-state index < -0.39 is 12.1 Å². The predicted molar refractivity (Wildman–Crippen MR) is 102 cm³/mol. The largest absolute Gasteiger partial charge is 0.449 e. The van der Waals surface area contributed by atoms with Gasteiger partial charge >= 0.3 is 5.97 Å². The maximum Gasteiger partial charge on any atom is 0.341 e. The van der Waals surface area contributed by atoms with E-state index in [9.17, 15) is 9.59 Å². The molecule has 5 nitrogen and oxygen atoms in total. The highest BCUT2D eigenvalue weighted by molar-refractivity contribution is 6.06. The summed E-state index contributed by atoms with van der Waals surface area (Å²) in [6.45, 7) is 4.00. The van der Waals surface area contributed by atoms with Gasteiger partial charge in [-0.25, -0.2) is 4.79 Å². The summed E-state index contributed by atoms with van der Waals surface area (Å²) in [7, 11) is 1.88. The number of hydrogen-bond acceptors (Lipinski definition) is 3. The minimum Gasteiger partial charge on any atom is -0.449 e. The Morgan fingerprint density at radius 3 is 2.42 bits per heavy atom. The average Bonchev–Trinajstić information content (AvgIpc) is 3.00. The topological polar surface area (TPSA) is 51.5 Å². The van der Waals surface area contributed by atoms with Crippen molar-refractivity contribution < 1.29 is 14.3 Å². The van der Waals surface area contributed by atoms with Gasteiger partial charge in [0.1, 0.15) is 0 Å². The molecule has 0 N–H and O–H groups in total. The summed E-state index contributed by atoms with van der Waals surface area (Å²) in [5, 5.41) is 0.815. The summed E-state index contributed by atoms with van der Waals surface area (Å²) < 4.78 is 7.36. The van der Waals surface area contributed by atoms with Crippen LogP contribution in [0.1, 0.15) is 24.2 Å². The minimum absolute atomic E-state index is 0.243. The lowest BCUT2D eigenvalue weighted by atomic mass is 10.2. The van der Waals surface area contributed by atoms with Crippen molar-refractivity contribution in [2.24, 2.45) is 7.05 Å². The molecule has 0 saturated carbocycles. The molecule has 1 amide bonds. The first-order valence-corrected chi connectivity index (χ1v) is 8.64. The normalized spacial score (nSPS) is 12.0. The zero-order chi connectivity index (χ0) is 18.7. The molecule has 0 fully saturated rings. The van der Waals surface area contributed by atoms with E-state index in [4.69, 9.17) is 4.74 Å². The van der Waals surface area contributed by atoms with Crippen molar-refractivity contribution in [1.29, 1.82) is 0 Å². The highest BCUT2D eigenvalue weighted by Gasteiger charge is 2.25. The van der Waals surface area contributed by atoms with Crippen LogP contribution in [-0.2, 0) is 16.6 Å². The lowest BCUT2D eigenvalue weighted by Gasteiger charge is -2.24. The molecule has 0 aliphatic heterocycles. The van der Waals surface area contributed by atoms with Gasteiger partial charge in [0.2, 0.25) is 0 Å². The van der Waals surface area contributed by atoms with Crippen molar-refractivity contribution in [2.75, 3.05) is 11.4 Å². The summed E-state index contributed by atoms with van der Waals surface area (Å²) in [5.41, 5.74) is 2.19. The van der Waals surface area contributed by atoms with Crippen molar-refractivity contribution in [3.8, 4) is 0 Å². The summed E-state index contributed by atoms with van der Waals surface area (Å²) in [4.78, 5) is 27.0. The third-order valence-electron chi connectivity index (χ3n) is 4.40. The highest BCUT2D eigenvalue weighted by atomic mass is 16.5. The first-order chi connectivity index (χ1) is 12.5. The average molecular weight is 350 g/mol. The predicted octanol–water partition coefficient (Wildman–Crippen LogP) is 3.78. The fraction of sp³-hybridized carbons (Fsp3) is 0.238. The van der Waals surface area contributed by atoms with Crippen LogP contribution in [0.2, 0.25) is 0 Å². The number of aryl methyl sites for hydroxylation is 1. The lowest BCUT2D eigenvalue weighted by Crippen LogP contribution is -2.40. The molecule has 0 bridgehead atoms. The van der Waals surface area contributed by atoms with Crippen molar-refractivity contribution >= 4 is 28.5 Å². The van der Waals surface area contributed by atoms with Gasteiger partial charge in [-0.2, -0.15) is 0 Å². The Morgan fingerprint density at radius 2 is 1.73 bits per heavy atom. The van der Waals surface area contributed by atoms with Crippen LogP contribution >= 0.6 is 0 Å². The lowest BCUT2D eigenvalue weighted by molar-refractivity contribution is -0.126. The van der Waals surface area contributed by atoms with Crippen LogP contribution in [0.3, 0.4) is 0 Å². The number of esters is 1. The van der Waals surface area contributed by atoms with Crippen LogP contribution in [0, 0.1) is 0 Å². The SMILES string of the molecule is CCN(C(=O)[C@H](C)OC(=O)c1cn(C)c2ccccc12)c1ccccc1. The summed E-state index contributed by atoms with van der Waals surface area (Å²) in [5.74, 6) is -0.737. The Bertz CT molecular complexity index is 931. The molecule has 0 aliphatic rings. The Hall–Kier alpha value is -3.08. The van der Waals surface area contributed by atoms with Gasteiger partial charge in [0.15, 0.2) is 6.10 Å². The molecule has 2 aromatic carbocycles. The number of carbonyl (C=O) groups is 2. The zero-order valence-electron chi connectivity index (χ0n) is 15.2. The minimum atomic E-state index is -0.873. The maximum absolute atomic E-state index is 12.8. The molecule has 134 valence electrons. The second-order valence-electron chi connectivity index (χ2n) is 6.14. The molecular weight excluding hydrogens is 328 g/mol. The number of fused-ring (bicyclic) bond motifs is 1. The Balaban J connectivity index is 1.79. The third-order valence-corrected chi connectivity index (χ3v) is 4.40. The van der Waals surface area contributed by atoms with Crippen LogP contribution < -0.4 is 4.90 Å². The first kappa shape index (κ1) is 17.7. The summed E-state index contributed by atoms with van der Waals surface area (Å²) in [6, 6.07) is 17.0. The van der Waals surface area contributed by atoms with Gasteiger partial charge in [-0.05, 0) is 32.0 Å². The fourth-order valence-corrected chi connectivity index (χ4v) is 3.07. The standard InChI is InChI=1S/C21H22N2O3/c1-4-23(16-10-6-5-7-11-16)20(24)15(2)26-21(25)18-14-22(3)19-13-9-8-12-17(18)19/h5-15H,4H2,1-3H3/t15-/m0/s1. The Labute approximate surface area is 152 Å². The molecule has 26 heavy (non-hydrogen) atoms. The number of benzene rings is 2. The molecule has 3 aromatic rings. The van der Waals surface area contributed by atoms with Crippen LogP contribution in [0.4, 0.5) is 5.69 Å². The fourth-order valence-electron chi connectivity index (χ4n) is 3.07. The van der Waals surface area contributed by atoms with Crippen LogP contribution in [0.15, 0.2) is 60.8 Å². The number of carbonyl (C=O) groups excluding carboxylic acids is 2. The van der Waals surface area contributed by atoms with Crippen molar-refractivity contribution in [2.45, 2.75) is 20.0 Å². The molecule has 5 heteroatoms. The molecule has 0 saturated heterocycles. The number of rotatable bonds is 5. The first-order valence-electron chi connectivity index (χ1n) is 8.64. The van der Waals surface area contributed by atoms with E-state index in [0.29, 0.717) is 12.1 Å². The van der Waals surface area contributed by atoms with Crippen molar-refractivity contribution in [3.63, 3.8) is 0 Å². The quantitative estimate of drug-likeness (QED) is 0.658. The van der Waals surface area contributed by atoms with E-state index in [1.54, 1.807) is 18.0 Å². The van der Waals surface area contributed by atoms with Crippen LogP contribution in [0.25, 0.3) is 10.9 Å². The number of amides is 1. The van der Waals surface area contributed by atoms with E-state index in [1.807, 2.05) is 73.1 Å². The number of hydrogen-bond donors (Lipinski definition) is 0. The second-order valence-corrected chi connectivity index (χ2v) is 6.14. The van der Waals surface area contributed by atoms with Gasteiger partial charge in [0.05, 0.1) is 5.56 Å². The number of likely N-dealkylation sites (N-methyl/N-ethyl adjacent to an activating group) is 1. The van der Waals surface area contributed by atoms with E-state index in [0.717, 1.165) is 16.6 Å². The molecular formula is C21H22N2O3. The molecule has 3 rings (SSSR count). The van der Waals surface area contributed by atoms with E-state index in [-0.39, 0.29) is 5.91 Å². The molecule has 0 radical (unpaired) electrons. The highest BCUT2D eigenvalue weighted by Crippen LogP contribution is 2.22. The summed E-state index contributed by atoms with van der Waals surface area (Å²) >= 11 is 0. The molecule has 1 heterocycles. The number of para-hydroxylation sites is 2. The second kappa shape index (κ2) is 7.44. The van der Waals surface area contributed by atoms with Crippen LogP contribution in [-0.4, -0.2) is 29.1 Å². The molecule has 1 atom stereocenters. The Kier molecular flexibility index (Phi) is 5.07. The zero-order valence-corrected chi connectivity index (χ0v) is 15.2. The maximum atomic E-state index is 12.8. The van der Waals surface area contributed by atoms with Gasteiger partial charge < -0.3 is 14.2 Å². The van der Waals surface area contributed by atoms with Crippen LogP contribution in [0.5, 0.6) is 0 Å². The molecule has 1 aromatic heterocycles. The third kappa shape index (κ3) is 3.33. The van der Waals surface area contributed by atoms with E-state index in [2.05, 4.69) is 0 Å². The monoisotopic (exact) mass is 350 g/mol. The smallest absolute Gasteiger partial charge is 0.341 e. The number of aromatic nitrogens is 1. The van der Waals surface area contributed by atoms with Gasteiger partial charge in [-0.3, -0.25) is 4.79 Å². The number of anilines is 1.